The molecule has 6 nitrogen and oxygen atoms in total. The van der Waals surface area contributed by atoms with E-state index in [2.05, 4.69) is 29.4 Å². The van der Waals surface area contributed by atoms with E-state index in [0.29, 0.717) is 19.3 Å². The number of nitrogens with zero attached hydrogens (tertiary/aromatic N) is 2. The molecule has 0 radical (unpaired) electrons. The van der Waals surface area contributed by atoms with Gasteiger partial charge >= 0.3 is 11.9 Å². The molecule has 1 aliphatic heterocycles. The number of aryl methyl sites for hydroxylation is 1. The van der Waals surface area contributed by atoms with Gasteiger partial charge in [-0.25, -0.2) is 9.78 Å². The Morgan fingerprint density at radius 1 is 1.11 bits per heavy atom. The Balaban J connectivity index is 2.21. The number of hydrogen-bond acceptors (Lipinski definition) is 7. The number of aromatic nitrogens is 1. The summed E-state index contributed by atoms with van der Waals surface area (Å²) in [5, 5.41) is 2.98. The van der Waals surface area contributed by atoms with Crippen LogP contribution in [0.2, 0.25) is 0 Å². The molecular weight excluding hydrogens is 484 g/mol. The Morgan fingerprint density at radius 2 is 1.84 bits per heavy atom. The first-order chi connectivity index (χ1) is 17.6. The van der Waals surface area contributed by atoms with Gasteiger partial charge < -0.3 is 14.4 Å². The van der Waals surface area contributed by atoms with E-state index in [1.807, 2.05) is 53.1 Å². The van der Waals surface area contributed by atoms with Gasteiger partial charge in [0.1, 0.15) is 12.2 Å². The average molecular weight is 527 g/mol. The van der Waals surface area contributed by atoms with E-state index < -0.39 is 12.1 Å². The Kier molecular flexibility index (Phi) is 13.3. The third-order valence-corrected chi connectivity index (χ3v) is 6.62. The Morgan fingerprint density at radius 3 is 2.59 bits per heavy atom. The number of hydrogen-bond donors (Lipinski definition) is 0. The summed E-state index contributed by atoms with van der Waals surface area (Å²) in [5.41, 5.74) is 4.22. The zero-order chi connectivity index (χ0) is 27.2. The van der Waals surface area contributed by atoms with Gasteiger partial charge in [0.15, 0.2) is 0 Å². The Bertz CT molecular complexity index is 1050. The largest absolute Gasteiger partial charge is 0.462 e. The molecule has 37 heavy (non-hydrogen) atoms. The van der Waals surface area contributed by atoms with Crippen LogP contribution >= 0.6 is 11.3 Å². The van der Waals surface area contributed by atoms with Crippen LogP contribution in [0.3, 0.4) is 0 Å². The first-order valence-corrected chi connectivity index (χ1v) is 13.8. The van der Waals surface area contributed by atoms with Gasteiger partial charge in [-0.2, -0.15) is 0 Å². The summed E-state index contributed by atoms with van der Waals surface area (Å²) in [5.74, 6) is -0.572. The summed E-state index contributed by atoms with van der Waals surface area (Å²) in [7, 11) is 4.08. The number of allylic oxidation sites excluding steroid dienone is 6. The number of rotatable bonds is 5. The summed E-state index contributed by atoms with van der Waals surface area (Å²) in [6, 6.07) is 0. The van der Waals surface area contributed by atoms with Crippen LogP contribution in [-0.4, -0.2) is 54.7 Å². The number of thiazole rings is 1. The first-order valence-electron chi connectivity index (χ1n) is 13.0. The van der Waals surface area contributed by atoms with Crippen LogP contribution < -0.4 is 0 Å². The van der Waals surface area contributed by atoms with Crippen molar-refractivity contribution in [2.24, 2.45) is 0 Å². The van der Waals surface area contributed by atoms with Crippen LogP contribution in [0.15, 0.2) is 64.6 Å². The van der Waals surface area contributed by atoms with Crippen LogP contribution in [-0.2, 0) is 31.9 Å². The monoisotopic (exact) mass is 526 g/mol. The number of likely N-dealkylation sites (N-methyl/N-ethyl adjacent to an activating group) is 1. The number of ether oxygens (including phenoxy) is 2. The molecule has 0 amide bonds. The first kappa shape index (κ1) is 30.5. The predicted molar refractivity (Wildman–Crippen MR) is 152 cm³/mol. The van der Waals surface area contributed by atoms with Crippen molar-refractivity contribution < 1.29 is 19.1 Å². The zero-order valence-electron chi connectivity index (χ0n) is 23.2. The molecule has 0 saturated carbocycles. The fraction of sp³-hybridized carbons (Fsp3) is 0.500. The maximum atomic E-state index is 12.6. The molecule has 1 aromatic heterocycles. The molecule has 0 N–H and O–H groups in total. The van der Waals surface area contributed by atoms with Gasteiger partial charge in [-0.1, -0.05) is 47.1 Å². The van der Waals surface area contributed by atoms with E-state index in [-0.39, 0.29) is 12.1 Å². The van der Waals surface area contributed by atoms with Crippen molar-refractivity contribution in [1.29, 1.82) is 0 Å². The van der Waals surface area contributed by atoms with Crippen molar-refractivity contribution in [3.05, 3.63) is 75.3 Å². The van der Waals surface area contributed by atoms with Crippen molar-refractivity contribution in [2.75, 3.05) is 20.6 Å². The lowest BCUT2D eigenvalue weighted by atomic mass is 10.1. The molecule has 7 heteroatoms. The summed E-state index contributed by atoms with van der Waals surface area (Å²) in [6.07, 6.45) is 16.6. The van der Waals surface area contributed by atoms with E-state index >= 15 is 0 Å². The van der Waals surface area contributed by atoms with Crippen molar-refractivity contribution in [2.45, 2.75) is 78.4 Å². The standard InChI is InChI=1S/C30H42N2O4S/c1-22(16-17-32(5)6)14-15-24(3)19-27-20-28-31-26(21-37-28)11-7-8-12-29(33)35-25(4)18-23(2)10-9-13-30(34)36-27/h9-10,13-16,19,21,25,27H,7-8,11-12,17-18,20H2,1-6H3/b13-9-,15-14+,22-16+,23-10+,24-19+/t25-,27?/m0/s1. The molecule has 0 fully saturated rings. The Labute approximate surface area is 226 Å². The highest BCUT2D eigenvalue weighted by molar-refractivity contribution is 7.09. The molecule has 2 bridgehead atoms. The molecule has 2 heterocycles. The van der Waals surface area contributed by atoms with Crippen molar-refractivity contribution in [3.8, 4) is 0 Å². The molecule has 0 saturated heterocycles. The lowest BCUT2D eigenvalue weighted by molar-refractivity contribution is -0.148. The molecule has 2 atom stereocenters. The minimum absolute atomic E-state index is 0.168. The summed E-state index contributed by atoms with van der Waals surface area (Å²) in [4.78, 5) is 31.6. The molecule has 0 aliphatic carbocycles. The maximum Gasteiger partial charge on any atom is 0.331 e. The minimum Gasteiger partial charge on any atom is -0.462 e. The summed E-state index contributed by atoms with van der Waals surface area (Å²) < 4.78 is 11.3. The normalized spacial score (nSPS) is 24.0. The van der Waals surface area contributed by atoms with Gasteiger partial charge in [-0.15, -0.1) is 11.3 Å². The number of carbonyl (C=O) groups excluding carboxylic acids is 2. The van der Waals surface area contributed by atoms with E-state index in [1.165, 1.54) is 11.6 Å². The summed E-state index contributed by atoms with van der Waals surface area (Å²) >= 11 is 1.58. The highest BCUT2D eigenvalue weighted by atomic mass is 32.1. The van der Waals surface area contributed by atoms with Crippen LogP contribution in [0.4, 0.5) is 0 Å². The van der Waals surface area contributed by atoms with E-state index in [1.54, 1.807) is 17.4 Å². The van der Waals surface area contributed by atoms with Crippen LogP contribution in [0.1, 0.15) is 64.1 Å². The average Bonchev–Trinajstić information content (AvgIpc) is 3.25. The quantitative estimate of drug-likeness (QED) is 0.338. The SMILES string of the molecule is CC(/C=C/C(C)=C/C1Cc2nc(cs2)CCCCC(=O)O[C@@H](C)C/C(C)=C/C=C\C(=O)O1)=C\CN(C)C. The van der Waals surface area contributed by atoms with Gasteiger partial charge in [-0.05, 0) is 67.1 Å². The second kappa shape index (κ2) is 16.2. The van der Waals surface area contributed by atoms with Gasteiger partial charge in [0, 0.05) is 37.3 Å². The van der Waals surface area contributed by atoms with Crippen LogP contribution in [0, 0.1) is 0 Å². The highest BCUT2D eigenvalue weighted by Gasteiger charge is 2.15. The molecule has 2 rings (SSSR count). The molecule has 1 aliphatic rings. The molecule has 1 aromatic rings. The molecular formula is C30H42N2O4S. The predicted octanol–water partition coefficient (Wildman–Crippen LogP) is 6.16. The minimum atomic E-state index is -0.426. The zero-order valence-corrected chi connectivity index (χ0v) is 24.0. The fourth-order valence-electron chi connectivity index (χ4n) is 3.77. The van der Waals surface area contributed by atoms with Crippen molar-refractivity contribution >= 4 is 23.3 Å². The number of cyclic esters (lactones) is 2. The number of esters is 2. The fourth-order valence-corrected chi connectivity index (χ4v) is 4.64. The second-order valence-corrected chi connectivity index (χ2v) is 10.9. The number of carbonyl (C=O) groups is 2. The lowest BCUT2D eigenvalue weighted by Crippen LogP contribution is -2.17. The second-order valence-electron chi connectivity index (χ2n) is 9.95. The maximum absolute atomic E-state index is 12.6. The van der Waals surface area contributed by atoms with E-state index in [0.717, 1.165) is 47.7 Å². The summed E-state index contributed by atoms with van der Waals surface area (Å²) in [6.45, 7) is 8.82. The van der Waals surface area contributed by atoms with Gasteiger partial charge in [-0.3, -0.25) is 4.79 Å². The van der Waals surface area contributed by atoms with E-state index in [4.69, 9.17) is 14.5 Å². The highest BCUT2D eigenvalue weighted by Crippen LogP contribution is 2.18. The molecule has 202 valence electrons. The van der Waals surface area contributed by atoms with Crippen molar-refractivity contribution in [1.82, 2.24) is 9.88 Å². The number of fused-ring (bicyclic) bond motifs is 2. The molecule has 0 aromatic carbocycles. The third kappa shape index (κ3) is 13.4. The van der Waals surface area contributed by atoms with Crippen molar-refractivity contribution in [3.63, 3.8) is 0 Å². The van der Waals surface area contributed by atoms with Gasteiger partial charge in [0.05, 0.1) is 10.7 Å². The van der Waals surface area contributed by atoms with Crippen LogP contribution in [0.5, 0.6) is 0 Å². The van der Waals surface area contributed by atoms with Crippen LogP contribution in [0.25, 0.3) is 0 Å². The van der Waals surface area contributed by atoms with Gasteiger partial charge in [0.25, 0.3) is 0 Å². The van der Waals surface area contributed by atoms with E-state index in [9.17, 15) is 9.59 Å². The Hall–Kier alpha value is -2.77. The topological polar surface area (TPSA) is 68.7 Å². The lowest BCUT2D eigenvalue weighted by Gasteiger charge is -2.13. The smallest absolute Gasteiger partial charge is 0.331 e. The molecule has 1 unspecified atom stereocenters. The van der Waals surface area contributed by atoms with Gasteiger partial charge in [0.2, 0.25) is 0 Å². The molecule has 0 spiro atoms. The third-order valence-electron chi connectivity index (χ3n) is 5.70.